The summed E-state index contributed by atoms with van der Waals surface area (Å²) in [7, 11) is 0. The van der Waals surface area contributed by atoms with E-state index in [-0.39, 0.29) is 23.8 Å². The van der Waals surface area contributed by atoms with E-state index >= 15 is 0 Å². The molecule has 1 aromatic rings. The van der Waals surface area contributed by atoms with Crippen molar-refractivity contribution in [2.45, 2.75) is 0 Å². The van der Waals surface area contributed by atoms with Gasteiger partial charge < -0.3 is 5.11 Å². The van der Waals surface area contributed by atoms with E-state index in [1.165, 1.54) is 18.2 Å². The predicted octanol–water partition coefficient (Wildman–Crippen LogP) is 1.72. The van der Waals surface area contributed by atoms with E-state index in [2.05, 4.69) is 0 Å². The van der Waals surface area contributed by atoms with Crippen LogP contribution in [0, 0.1) is 10.1 Å². The maximum absolute atomic E-state index is 10.0. The quantitative estimate of drug-likeness (QED) is 0.522. The van der Waals surface area contributed by atoms with Crippen LogP contribution in [0.15, 0.2) is 24.3 Å². The van der Waals surface area contributed by atoms with E-state index in [1.807, 2.05) is 0 Å². The second kappa shape index (κ2) is 3.78. The molecule has 0 radical (unpaired) electrons. The van der Waals surface area contributed by atoms with Crippen LogP contribution < -0.4 is 0 Å². The Kier molecular flexibility index (Phi) is 3.33. The molecule has 0 fully saturated rings. The number of hydrogen-bond donors (Lipinski definition) is 1. The highest BCUT2D eigenvalue weighted by Crippen LogP contribution is 2.16. The maximum Gasteiger partial charge on any atom is 0.273 e. The third-order valence-corrected chi connectivity index (χ3v) is 1.04. The lowest BCUT2D eigenvalue weighted by molar-refractivity contribution is -0.384. The van der Waals surface area contributed by atoms with E-state index in [0.29, 0.717) is 0 Å². The Morgan fingerprint density at radius 3 is 2.45 bits per heavy atom. The summed E-state index contributed by atoms with van der Waals surface area (Å²) in [6, 6.07) is 5.22. The van der Waals surface area contributed by atoms with Gasteiger partial charge in [-0.3, -0.25) is 10.1 Å². The monoisotopic (exact) mass is 175 g/mol. The first-order valence-corrected chi connectivity index (χ1v) is 2.63. The number of rotatable bonds is 1. The minimum Gasteiger partial charge on any atom is -0.508 e. The van der Waals surface area contributed by atoms with Gasteiger partial charge in [0.05, 0.1) is 11.0 Å². The minimum atomic E-state index is -0.556. The summed E-state index contributed by atoms with van der Waals surface area (Å²) >= 11 is 0. The number of nitro groups is 1. The van der Waals surface area contributed by atoms with Crippen molar-refractivity contribution in [2.24, 2.45) is 0 Å². The van der Waals surface area contributed by atoms with Crippen molar-refractivity contribution in [3.63, 3.8) is 0 Å². The van der Waals surface area contributed by atoms with Crippen molar-refractivity contribution in [3.05, 3.63) is 34.4 Å². The molecule has 4 nitrogen and oxygen atoms in total. The van der Waals surface area contributed by atoms with E-state index in [4.69, 9.17) is 5.11 Å². The summed E-state index contributed by atoms with van der Waals surface area (Å²) in [5.41, 5.74) is -0.0972. The van der Waals surface area contributed by atoms with Gasteiger partial charge in [-0.25, -0.2) is 0 Å². The van der Waals surface area contributed by atoms with Crippen LogP contribution in [-0.4, -0.2) is 10.0 Å². The van der Waals surface area contributed by atoms with Crippen LogP contribution in [0.1, 0.15) is 0 Å². The predicted molar refractivity (Wildman–Crippen MR) is 42.0 cm³/mol. The molecule has 0 bridgehead atoms. The molecule has 0 aliphatic heterocycles. The molecule has 11 heavy (non-hydrogen) atoms. The SMILES string of the molecule is Cl.O=[N+]([O-])c1cccc(O)c1. The molecule has 0 amide bonds. The van der Waals surface area contributed by atoms with Crippen molar-refractivity contribution in [3.8, 4) is 5.75 Å². The first-order valence-electron chi connectivity index (χ1n) is 2.63. The van der Waals surface area contributed by atoms with E-state index in [1.54, 1.807) is 0 Å². The molecule has 1 rings (SSSR count). The molecule has 0 aromatic heterocycles. The van der Waals surface area contributed by atoms with Crippen LogP contribution in [0.3, 0.4) is 0 Å². The smallest absolute Gasteiger partial charge is 0.273 e. The maximum atomic E-state index is 10.0. The Balaban J connectivity index is 0.000001000. The molecule has 0 saturated heterocycles. The minimum absolute atomic E-state index is 0. The van der Waals surface area contributed by atoms with Crippen molar-refractivity contribution in [1.82, 2.24) is 0 Å². The Hall–Kier alpha value is -1.29. The topological polar surface area (TPSA) is 63.4 Å². The summed E-state index contributed by atoms with van der Waals surface area (Å²) in [4.78, 5) is 9.49. The zero-order chi connectivity index (χ0) is 7.56. The number of phenols is 1. The molecule has 1 N–H and O–H groups in total. The number of nitro benzene ring substituents is 1. The van der Waals surface area contributed by atoms with Gasteiger partial charge in [-0.15, -0.1) is 12.4 Å². The first kappa shape index (κ1) is 9.71. The van der Waals surface area contributed by atoms with Crippen LogP contribution in [0.2, 0.25) is 0 Å². The number of aromatic hydroxyl groups is 1. The number of halogens is 1. The molecule has 0 saturated carbocycles. The van der Waals surface area contributed by atoms with Gasteiger partial charge in [-0.2, -0.15) is 0 Å². The molecule has 0 heterocycles. The molecular formula is C6H6ClNO3. The van der Waals surface area contributed by atoms with E-state index < -0.39 is 4.92 Å². The highest BCUT2D eigenvalue weighted by atomic mass is 35.5. The van der Waals surface area contributed by atoms with Gasteiger partial charge in [0.15, 0.2) is 0 Å². The van der Waals surface area contributed by atoms with Crippen LogP contribution in [0.25, 0.3) is 0 Å². The highest BCUT2D eigenvalue weighted by molar-refractivity contribution is 5.85. The summed E-state index contributed by atoms with van der Waals surface area (Å²) in [6.45, 7) is 0. The van der Waals surface area contributed by atoms with Crippen molar-refractivity contribution in [1.29, 1.82) is 0 Å². The van der Waals surface area contributed by atoms with E-state index in [9.17, 15) is 10.1 Å². The van der Waals surface area contributed by atoms with Gasteiger partial charge in [-0.05, 0) is 6.07 Å². The van der Waals surface area contributed by atoms with Gasteiger partial charge in [0.1, 0.15) is 5.75 Å². The lowest BCUT2D eigenvalue weighted by Gasteiger charge is -1.89. The van der Waals surface area contributed by atoms with Crippen LogP contribution in [0.5, 0.6) is 5.75 Å². The molecule has 0 aliphatic carbocycles. The molecule has 5 heteroatoms. The van der Waals surface area contributed by atoms with Gasteiger partial charge >= 0.3 is 0 Å². The van der Waals surface area contributed by atoms with Gasteiger partial charge in [0.2, 0.25) is 0 Å². The zero-order valence-electron chi connectivity index (χ0n) is 5.43. The normalized spacial score (nSPS) is 8.36. The summed E-state index contributed by atoms with van der Waals surface area (Å²) < 4.78 is 0. The third-order valence-electron chi connectivity index (χ3n) is 1.04. The fourth-order valence-corrected chi connectivity index (χ4v) is 0.607. The summed E-state index contributed by atoms with van der Waals surface area (Å²) in [6.07, 6.45) is 0. The Bertz CT molecular complexity index is 264. The number of nitrogens with zero attached hydrogens (tertiary/aromatic N) is 1. The lowest BCUT2D eigenvalue weighted by atomic mass is 10.3. The summed E-state index contributed by atoms with van der Waals surface area (Å²) in [5.74, 6) is -0.0887. The van der Waals surface area contributed by atoms with Crippen molar-refractivity contribution >= 4 is 18.1 Å². The average molecular weight is 176 g/mol. The molecule has 0 spiro atoms. The Morgan fingerprint density at radius 2 is 2.09 bits per heavy atom. The van der Waals surface area contributed by atoms with Gasteiger partial charge in [-0.1, -0.05) is 6.07 Å². The van der Waals surface area contributed by atoms with E-state index in [0.717, 1.165) is 6.07 Å². The lowest BCUT2D eigenvalue weighted by Crippen LogP contribution is -1.85. The average Bonchev–Trinajstić information content (AvgIpc) is 1.88. The highest BCUT2D eigenvalue weighted by Gasteiger charge is 2.03. The fourth-order valence-electron chi connectivity index (χ4n) is 0.607. The molecule has 0 atom stereocenters. The number of phenolic OH excluding ortho intramolecular Hbond substituents is 1. The Morgan fingerprint density at radius 1 is 1.45 bits per heavy atom. The van der Waals surface area contributed by atoms with Crippen LogP contribution in [0.4, 0.5) is 5.69 Å². The zero-order valence-corrected chi connectivity index (χ0v) is 6.25. The molecule has 1 aromatic carbocycles. The molecule has 0 unspecified atom stereocenters. The van der Waals surface area contributed by atoms with Crippen molar-refractivity contribution in [2.75, 3.05) is 0 Å². The second-order valence-corrected chi connectivity index (χ2v) is 1.78. The second-order valence-electron chi connectivity index (χ2n) is 1.78. The standard InChI is InChI=1S/C6H5NO3.ClH/c8-6-3-1-2-5(4-6)7(9)10;/h1-4,8H;1H. The first-order chi connectivity index (χ1) is 4.70. The molecular weight excluding hydrogens is 170 g/mol. The third kappa shape index (κ3) is 2.43. The summed E-state index contributed by atoms with van der Waals surface area (Å²) in [5, 5.41) is 18.8. The molecule has 0 aliphatic rings. The number of hydrogen-bond acceptors (Lipinski definition) is 3. The largest absolute Gasteiger partial charge is 0.508 e. The molecule has 60 valence electrons. The number of non-ortho nitro benzene ring substituents is 1. The van der Waals surface area contributed by atoms with Crippen LogP contribution >= 0.6 is 12.4 Å². The van der Waals surface area contributed by atoms with Crippen molar-refractivity contribution < 1.29 is 10.0 Å². The van der Waals surface area contributed by atoms with Gasteiger partial charge in [0.25, 0.3) is 5.69 Å². The fraction of sp³-hybridized carbons (Fsp3) is 0. The van der Waals surface area contributed by atoms with Gasteiger partial charge in [0, 0.05) is 6.07 Å². The number of benzene rings is 1. The van der Waals surface area contributed by atoms with Crippen LogP contribution in [-0.2, 0) is 0 Å². The Labute approximate surface area is 69.0 Å².